The minimum absolute atomic E-state index is 0.478. The van der Waals surface area contributed by atoms with E-state index in [1.54, 1.807) is 11.8 Å². The van der Waals surface area contributed by atoms with Crippen LogP contribution in [0.5, 0.6) is 0 Å². The molecule has 116 valence electrons. The molecule has 0 amide bonds. The van der Waals surface area contributed by atoms with E-state index in [4.69, 9.17) is 5.84 Å². The van der Waals surface area contributed by atoms with Crippen LogP contribution in [0.2, 0.25) is 0 Å². The Morgan fingerprint density at radius 2 is 2.05 bits per heavy atom. The van der Waals surface area contributed by atoms with E-state index in [1.807, 2.05) is 12.1 Å². The number of nitrogens with zero attached hydrogens (tertiary/aromatic N) is 4. The van der Waals surface area contributed by atoms with Crippen molar-refractivity contribution < 1.29 is 0 Å². The lowest BCUT2D eigenvalue weighted by molar-refractivity contribution is 0.846. The van der Waals surface area contributed by atoms with Gasteiger partial charge in [0.15, 0.2) is 0 Å². The van der Waals surface area contributed by atoms with Gasteiger partial charge < -0.3 is 5.84 Å². The summed E-state index contributed by atoms with van der Waals surface area (Å²) in [5.41, 5.74) is 6.64. The van der Waals surface area contributed by atoms with E-state index in [0.717, 1.165) is 18.6 Å². The molecule has 0 spiro atoms. The minimum atomic E-state index is 0.478. The summed E-state index contributed by atoms with van der Waals surface area (Å²) in [6, 6.07) is 8.30. The molecular weight excluding hydrogens is 296 g/mol. The first-order chi connectivity index (χ1) is 10.7. The fourth-order valence-corrected chi connectivity index (χ4v) is 3.32. The van der Waals surface area contributed by atoms with Crippen LogP contribution in [-0.4, -0.2) is 20.6 Å². The molecule has 7 heteroatoms. The number of thioether (sulfide) groups is 1. The van der Waals surface area contributed by atoms with Gasteiger partial charge in [0.2, 0.25) is 5.16 Å². The van der Waals surface area contributed by atoms with Crippen molar-refractivity contribution in [3.63, 3.8) is 0 Å². The zero-order valence-electron chi connectivity index (χ0n) is 12.6. The number of hydrazone groups is 1. The molecular formula is C15H20N6S. The van der Waals surface area contributed by atoms with E-state index in [9.17, 15) is 0 Å². The summed E-state index contributed by atoms with van der Waals surface area (Å²) in [6.45, 7) is 2.10. The third-order valence-corrected chi connectivity index (χ3v) is 4.77. The molecule has 1 aliphatic carbocycles. The molecule has 0 unspecified atom stereocenters. The van der Waals surface area contributed by atoms with Crippen LogP contribution < -0.4 is 11.3 Å². The zero-order valence-corrected chi connectivity index (χ0v) is 13.4. The normalized spacial score (nSPS) is 14.3. The molecule has 1 aromatic carbocycles. The highest BCUT2D eigenvalue weighted by atomic mass is 32.2. The summed E-state index contributed by atoms with van der Waals surface area (Å²) in [6.07, 6.45) is 4.54. The Labute approximate surface area is 134 Å². The fourth-order valence-electron chi connectivity index (χ4n) is 2.39. The lowest BCUT2D eigenvalue weighted by atomic mass is 10.1. The van der Waals surface area contributed by atoms with Gasteiger partial charge in [-0.05, 0) is 43.7 Å². The summed E-state index contributed by atoms with van der Waals surface area (Å²) in [7, 11) is 0. The largest absolute Gasteiger partial charge is 0.334 e. The van der Waals surface area contributed by atoms with Gasteiger partial charge in [-0.25, -0.2) is 10.1 Å². The van der Waals surface area contributed by atoms with Crippen molar-refractivity contribution in [2.24, 2.45) is 5.10 Å². The Bertz CT molecular complexity index is 670. The molecule has 22 heavy (non-hydrogen) atoms. The number of hydrogen-bond acceptors (Lipinski definition) is 6. The van der Waals surface area contributed by atoms with Crippen LogP contribution in [-0.2, 0) is 5.75 Å². The van der Waals surface area contributed by atoms with Crippen molar-refractivity contribution in [3.05, 3.63) is 35.4 Å². The van der Waals surface area contributed by atoms with E-state index >= 15 is 0 Å². The SMILES string of the molecule is Cc1ccccc1CSc1nnc(NN=C2CCCC2)n1N. The molecule has 1 heterocycles. The summed E-state index contributed by atoms with van der Waals surface area (Å²) in [5, 5.41) is 13.2. The fraction of sp³-hybridized carbons (Fsp3) is 0.400. The highest BCUT2D eigenvalue weighted by molar-refractivity contribution is 7.98. The Balaban J connectivity index is 1.63. The number of aromatic nitrogens is 3. The third kappa shape index (κ3) is 3.41. The number of hydrogen-bond donors (Lipinski definition) is 2. The average molecular weight is 316 g/mol. The summed E-state index contributed by atoms with van der Waals surface area (Å²) < 4.78 is 1.46. The number of nitrogens with one attached hydrogen (secondary N) is 1. The van der Waals surface area contributed by atoms with Crippen molar-refractivity contribution in [2.75, 3.05) is 11.3 Å². The van der Waals surface area contributed by atoms with Gasteiger partial charge in [0, 0.05) is 11.5 Å². The number of benzene rings is 1. The lowest BCUT2D eigenvalue weighted by Gasteiger charge is -2.05. The molecule has 3 rings (SSSR count). The third-order valence-electron chi connectivity index (χ3n) is 3.78. The summed E-state index contributed by atoms with van der Waals surface area (Å²) in [4.78, 5) is 0. The number of rotatable bonds is 5. The molecule has 0 bridgehead atoms. The first-order valence-electron chi connectivity index (χ1n) is 7.43. The number of nitrogens with two attached hydrogens (primary N) is 1. The van der Waals surface area contributed by atoms with Crippen molar-refractivity contribution in [2.45, 2.75) is 43.5 Å². The summed E-state index contributed by atoms with van der Waals surface area (Å²) in [5.74, 6) is 7.32. The molecule has 0 saturated heterocycles. The van der Waals surface area contributed by atoms with Gasteiger partial charge in [-0.15, -0.1) is 10.2 Å². The molecule has 1 aromatic heterocycles. The van der Waals surface area contributed by atoms with E-state index in [-0.39, 0.29) is 0 Å². The van der Waals surface area contributed by atoms with Crippen molar-refractivity contribution in [1.29, 1.82) is 0 Å². The molecule has 0 radical (unpaired) electrons. The second kappa shape index (κ2) is 6.83. The molecule has 3 N–H and O–H groups in total. The average Bonchev–Trinajstić information content (AvgIpc) is 3.15. The lowest BCUT2D eigenvalue weighted by Crippen LogP contribution is -2.13. The van der Waals surface area contributed by atoms with Crippen LogP contribution in [0.25, 0.3) is 0 Å². The van der Waals surface area contributed by atoms with Crippen LogP contribution >= 0.6 is 11.8 Å². The molecule has 1 saturated carbocycles. The Morgan fingerprint density at radius 3 is 2.82 bits per heavy atom. The predicted octanol–water partition coefficient (Wildman–Crippen LogP) is 2.93. The summed E-state index contributed by atoms with van der Waals surface area (Å²) >= 11 is 1.57. The number of nitrogen functional groups attached to an aromatic ring is 1. The highest BCUT2D eigenvalue weighted by Gasteiger charge is 2.12. The Hall–Kier alpha value is -2.02. The molecule has 1 aliphatic rings. The van der Waals surface area contributed by atoms with Gasteiger partial charge in [0.25, 0.3) is 5.95 Å². The van der Waals surface area contributed by atoms with Gasteiger partial charge in [0.05, 0.1) is 0 Å². The maximum absolute atomic E-state index is 6.03. The van der Waals surface area contributed by atoms with E-state index in [1.165, 1.54) is 34.4 Å². The monoisotopic (exact) mass is 316 g/mol. The van der Waals surface area contributed by atoms with E-state index < -0.39 is 0 Å². The van der Waals surface area contributed by atoms with E-state index in [0.29, 0.717) is 11.1 Å². The van der Waals surface area contributed by atoms with Gasteiger partial charge in [0.1, 0.15) is 0 Å². The molecule has 0 atom stereocenters. The maximum Gasteiger partial charge on any atom is 0.264 e. The Morgan fingerprint density at radius 1 is 1.27 bits per heavy atom. The first-order valence-corrected chi connectivity index (χ1v) is 8.42. The zero-order chi connectivity index (χ0) is 15.4. The van der Waals surface area contributed by atoms with Crippen molar-refractivity contribution >= 4 is 23.4 Å². The molecule has 6 nitrogen and oxygen atoms in total. The van der Waals surface area contributed by atoms with Crippen molar-refractivity contribution in [3.8, 4) is 0 Å². The quantitative estimate of drug-likeness (QED) is 0.503. The van der Waals surface area contributed by atoms with Gasteiger partial charge in [-0.1, -0.05) is 36.0 Å². The second-order valence-corrected chi connectivity index (χ2v) is 6.33. The molecule has 0 aliphatic heterocycles. The standard InChI is InChI=1S/C15H20N6S/c1-11-6-2-3-7-12(11)10-22-15-20-19-14(21(15)16)18-17-13-8-4-5-9-13/h2-3,6-7H,4-5,8-10,16H2,1H3,(H,18,19). The Kier molecular flexibility index (Phi) is 4.62. The minimum Gasteiger partial charge on any atom is -0.334 e. The molecule has 1 fully saturated rings. The first kappa shape index (κ1) is 14.9. The van der Waals surface area contributed by atoms with Crippen LogP contribution in [0.3, 0.4) is 0 Å². The second-order valence-electron chi connectivity index (χ2n) is 5.39. The van der Waals surface area contributed by atoms with Gasteiger partial charge in [-0.3, -0.25) is 0 Å². The van der Waals surface area contributed by atoms with Crippen LogP contribution in [0.4, 0.5) is 5.95 Å². The highest BCUT2D eigenvalue weighted by Crippen LogP contribution is 2.23. The van der Waals surface area contributed by atoms with Crippen molar-refractivity contribution in [1.82, 2.24) is 14.9 Å². The predicted molar refractivity (Wildman–Crippen MR) is 90.4 cm³/mol. The maximum atomic E-state index is 6.03. The smallest absolute Gasteiger partial charge is 0.264 e. The van der Waals surface area contributed by atoms with Crippen LogP contribution in [0.15, 0.2) is 34.5 Å². The van der Waals surface area contributed by atoms with Crippen LogP contribution in [0.1, 0.15) is 36.8 Å². The van der Waals surface area contributed by atoms with Gasteiger partial charge in [-0.2, -0.15) is 5.10 Å². The van der Waals surface area contributed by atoms with Gasteiger partial charge >= 0.3 is 0 Å². The topological polar surface area (TPSA) is 81.1 Å². The molecule has 2 aromatic rings. The van der Waals surface area contributed by atoms with E-state index in [2.05, 4.69) is 39.8 Å². The van der Waals surface area contributed by atoms with Crippen LogP contribution in [0, 0.1) is 6.92 Å². The number of anilines is 1. The number of aryl methyl sites for hydroxylation is 1.